The summed E-state index contributed by atoms with van der Waals surface area (Å²) in [4.78, 5) is 2.92. The summed E-state index contributed by atoms with van der Waals surface area (Å²) < 4.78 is 6.50. The molecule has 4 aromatic carbocycles. The van der Waals surface area contributed by atoms with Crippen molar-refractivity contribution in [2.45, 2.75) is 31.5 Å². The van der Waals surface area contributed by atoms with Gasteiger partial charge in [0.15, 0.2) is 5.58 Å². The summed E-state index contributed by atoms with van der Waals surface area (Å²) in [5.41, 5.74) is 7.91. The number of fused-ring (bicyclic) bond motifs is 3. The highest BCUT2D eigenvalue weighted by Crippen LogP contribution is 2.49. The summed E-state index contributed by atoms with van der Waals surface area (Å²) >= 11 is 3.88. The molecule has 1 fully saturated rings. The third-order valence-electron chi connectivity index (χ3n) is 7.71. The van der Waals surface area contributed by atoms with Crippen molar-refractivity contribution < 1.29 is 4.42 Å². The summed E-state index contributed by atoms with van der Waals surface area (Å²) in [5, 5.41) is 2.31. The number of hydrogen-bond acceptors (Lipinski definition) is 2. The number of furan rings is 1. The number of nitrogens with zero attached hydrogens (tertiary/aromatic N) is 1. The molecule has 2 nitrogen and oxygen atoms in total. The fourth-order valence-electron chi connectivity index (χ4n) is 5.72. The second-order valence-electron chi connectivity index (χ2n) is 9.74. The molecule has 3 heteroatoms. The molecule has 0 aliphatic heterocycles. The van der Waals surface area contributed by atoms with Crippen molar-refractivity contribution in [2.75, 3.05) is 4.90 Å². The van der Waals surface area contributed by atoms with E-state index >= 15 is 0 Å². The van der Waals surface area contributed by atoms with Gasteiger partial charge in [0.1, 0.15) is 5.58 Å². The Hall–Kier alpha value is -3.30. The van der Waals surface area contributed by atoms with E-state index < -0.39 is 0 Å². The summed E-state index contributed by atoms with van der Waals surface area (Å²) in [7, 11) is 0. The Labute approximate surface area is 221 Å². The molecule has 1 unspecified atom stereocenters. The highest BCUT2D eigenvalue weighted by Gasteiger charge is 2.39. The first kappa shape index (κ1) is 23.1. The Morgan fingerprint density at radius 3 is 2.22 bits per heavy atom. The largest absolute Gasteiger partial charge is 0.454 e. The molecule has 1 saturated carbocycles. The highest BCUT2D eigenvalue weighted by atomic mass is 79.9. The molecule has 1 heterocycles. The number of anilines is 2. The van der Waals surface area contributed by atoms with E-state index in [9.17, 15) is 0 Å². The first-order valence-corrected chi connectivity index (χ1v) is 13.7. The van der Waals surface area contributed by atoms with Gasteiger partial charge in [0.05, 0.1) is 5.69 Å². The lowest BCUT2D eigenvalue weighted by Gasteiger charge is -2.44. The number of allylic oxidation sites excluding steroid dienone is 2. The zero-order valence-electron chi connectivity index (χ0n) is 20.7. The van der Waals surface area contributed by atoms with Crippen molar-refractivity contribution in [3.8, 4) is 11.1 Å². The summed E-state index contributed by atoms with van der Waals surface area (Å²) in [6.07, 6.45) is 4.76. The zero-order chi connectivity index (χ0) is 24.6. The minimum atomic E-state index is 0.482. The first-order chi connectivity index (χ1) is 17.7. The molecule has 0 radical (unpaired) electrons. The van der Waals surface area contributed by atoms with Crippen LogP contribution in [0, 0.1) is 11.8 Å². The van der Waals surface area contributed by atoms with Gasteiger partial charge in [-0.05, 0) is 61.1 Å². The monoisotopic (exact) mass is 535 g/mol. The van der Waals surface area contributed by atoms with Crippen LogP contribution in [0.3, 0.4) is 0 Å². The minimum absolute atomic E-state index is 0.482. The fraction of sp³-hybridized carbons (Fsp3) is 0.212. The molecule has 0 saturated heterocycles. The highest BCUT2D eigenvalue weighted by molar-refractivity contribution is 9.09. The molecular formula is C33H30BrNO. The van der Waals surface area contributed by atoms with Crippen molar-refractivity contribution in [3.05, 3.63) is 109 Å². The van der Waals surface area contributed by atoms with Gasteiger partial charge in [0.2, 0.25) is 0 Å². The Kier molecular flexibility index (Phi) is 6.18. The molecule has 0 N–H and O–H groups in total. The third kappa shape index (κ3) is 3.96. The second kappa shape index (κ2) is 9.63. The number of alkyl halides is 1. The SMILES string of the molecule is C/C=C(\C1CC[C@@H]1[C@H](C)Br)N(c1ccc(-c2ccccc2)cc1)c1cccc2c1oc1ccccc12. The van der Waals surface area contributed by atoms with Gasteiger partial charge in [-0.1, -0.05) is 102 Å². The van der Waals surface area contributed by atoms with Gasteiger partial charge < -0.3 is 9.32 Å². The quantitative estimate of drug-likeness (QED) is 0.201. The van der Waals surface area contributed by atoms with Crippen molar-refractivity contribution in [1.82, 2.24) is 0 Å². The Morgan fingerprint density at radius 2 is 1.53 bits per heavy atom. The van der Waals surface area contributed by atoms with Crippen LogP contribution in [0.25, 0.3) is 33.1 Å². The van der Waals surface area contributed by atoms with Crippen LogP contribution in [0.4, 0.5) is 11.4 Å². The normalized spacial score (nSPS) is 18.8. The molecule has 1 aromatic heterocycles. The van der Waals surface area contributed by atoms with Gasteiger partial charge in [-0.25, -0.2) is 0 Å². The second-order valence-corrected chi connectivity index (χ2v) is 11.2. The fourth-order valence-corrected chi connectivity index (χ4v) is 6.35. The van der Waals surface area contributed by atoms with Gasteiger partial charge in [-0.3, -0.25) is 0 Å². The smallest absolute Gasteiger partial charge is 0.159 e. The molecule has 1 aliphatic carbocycles. The van der Waals surface area contributed by atoms with E-state index in [1.54, 1.807) is 0 Å². The van der Waals surface area contributed by atoms with E-state index in [1.807, 2.05) is 6.07 Å². The van der Waals surface area contributed by atoms with Crippen LogP contribution in [0.15, 0.2) is 113 Å². The molecule has 0 amide bonds. The summed E-state index contributed by atoms with van der Waals surface area (Å²) in [6, 6.07) is 34.4. The van der Waals surface area contributed by atoms with E-state index in [0.717, 1.165) is 33.3 Å². The zero-order valence-corrected chi connectivity index (χ0v) is 22.3. The number of hydrogen-bond donors (Lipinski definition) is 0. The number of halogens is 1. The van der Waals surface area contributed by atoms with Gasteiger partial charge in [0, 0.05) is 32.9 Å². The van der Waals surface area contributed by atoms with Crippen LogP contribution < -0.4 is 4.90 Å². The molecule has 0 spiro atoms. The van der Waals surface area contributed by atoms with Crippen LogP contribution in [0.5, 0.6) is 0 Å². The van der Waals surface area contributed by atoms with Gasteiger partial charge >= 0.3 is 0 Å². The maximum absolute atomic E-state index is 6.50. The van der Waals surface area contributed by atoms with E-state index in [1.165, 1.54) is 29.7 Å². The number of rotatable bonds is 6. The topological polar surface area (TPSA) is 16.4 Å². The van der Waals surface area contributed by atoms with Crippen molar-refractivity contribution in [2.24, 2.45) is 11.8 Å². The van der Waals surface area contributed by atoms with E-state index in [-0.39, 0.29) is 0 Å². The average molecular weight is 537 g/mol. The molecule has 180 valence electrons. The van der Waals surface area contributed by atoms with Crippen LogP contribution >= 0.6 is 15.9 Å². The molecule has 1 aliphatic rings. The van der Waals surface area contributed by atoms with Crippen molar-refractivity contribution in [3.63, 3.8) is 0 Å². The van der Waals surface area contributed by atoms with E-state index in [4.69, 9.17) is 4.42 Å². The predicted octanol–water partition coefficient (Wildman–Crippen LogP) is 10.1. The van der Waals surface area contributed by atoms with Crippen LogP contribution in [-0.2, 0) is 0 Å². The molecule has 0 bridgehead atoms. The summed E-state index contributed by atoms with van der Waals surface area (Å²) in [6.45, 7) is 4.46. The van der Waals surface area contributed by atoms with Crippen LogP contribution in [0.2, 0.25) is 0 Å². The lowest BCUT2D eigenvalue weighted by molar-refractivity contribution is 0.214. The van der Waals surface area contributed by atoms with Gasteiger partial charge in [0.25, 0.3) is 0 Å². The van der Waals surface area contributed by atoms with Crippen LogP contribution in [-0.4, -0.2) is 4.83 Å². The molecule has 3 atom stereocenters. The lowest BCUT2D eigenvalue weighted by atomic mass is 9.70. The number of benzene rings is 4. The minimum Gasteiger partial charge on any atom is -0.454 e. The maximum Gasteiger partial charge on any atom is 0.159 e. The Bertz CT molecular complexity index is 1530. The van der Waals surface area contributed by atoms with Crippen molar-refractivity contribution >= 4 is 49.2 Å². The molecule has 36 heavy (non-hydrogen) atoms. The summed E-state index contributed by atoms with van der Waals surface area (Å²) in [5.74, 6) is 1.12. The van der Waals surface area contributed by atoms with Crippen LogP contribution in [0.1, 0.15) is 26.7 Å². The molecular weight excluding hydrogens is 506 g/mol. The standard InChI is InChI=1S/C33H30BrNO/c1-3-30(27-21-20-26(27)22(2)34)35(25-18-16-24(17-19-25)23-10-5-4-6-11-23)31-14-9-13-29-28-12-7-8-15-32(28)36-33(29)31/h3-19,22,26-27H,20-21H2,1-2H3/b30-3+/t22-,26+,27?/m0/s1. The molecule has 6 rings (SSSR count). The van der Waals surface area contributed by atoms with Crippen molar-refractivity contribution in [1.29, 1.82) is 0 Å². The Balaban J connectivity index is 1.52. The predicted molar refractivity (Wildman–Crippen MR) is 156 cm³/mol. The maximum atomic E-state index is 6.50. The molecule has 5 aromatic rings. The Morgan fingerprint density at radius 1 is 0.833 bits per heavy atom. The van der Waals surface area contributed by atoms with E-state index in [0.29, 0.717) is 16.7 Å². The number of para-hydroxylation sites is 2. The van der Waals surface area contributed by atoms with E-state index in [2.05, 4.69) is 132 Å². The lowest BCUT2D eigenvalue weighted by Crippen LogP contribution is -2.38. The first-order valence-electron chi connectivity index (χ1n) is 12.8. The van der Waals surface area contributed by atoms with Gasteiger partial charge in [-0.2, -0.15) is 0 Å². The third-order valence-corrected chi connectivity index (χ3v) is 8.39. The average Bonchev–Trinajstić information content (AvgIpc) is 3.27. The van der Waals surface area contributed by atoms with Gasteiger partial charge in [-0.15, -0.1) is 0 Å².